The highest BCUT2D eigenvalue weighted by atomic mass is 15.1. The summed E-state index contributed by atoms with van der Waals surface area (Å²) in [6, 6.07) is 4.90. The monoisotopic (exact) mass is 275 g/mol. The van der Waals surface area contributed by atoms with Crippen molar-refractivity contribution in [2.24, 2.45) is 0 Å². The average Bonchev–Trinajstić information content (AvgIpc) is 2.47. The lowest BCUT2D eigenvalue weighted by Gasteiger charge is -2.33. The first-order chi connectivity index (χ1) is 9.72. The molecule has 2 unspecified atom stereocenters. The van der Waals surface area contributed by atoms with Crippen LogP contribution in [-0.2, 0) is 6.42 Å². The molecule has 0 aliphatic heterocycles. The minimum atomic E-state index is 0.561. The predicted octanol–water partition coefficient (Wildman–Crippen LogP) is 2.82. The number of nitrogens with one attached hydrogen (secondary N) is 1. The first kappa shape index (κ1) is 15.5. The van der Waals surface area contributed by atoms with Gasteiger partial charge in [0.2, 0.25) is 0 Å². The molecule has 112 valence electrons. The third-order valence-electron chi connectivity index (χ3n) is 4.27. The molecule has 1 aliphatic carbocycles. The van der Waals surface area contributed by atoms with Crippen LogP contribution in [0.5, 0.6) is 0 Å². The molecule has 1 aliphatic rings. The summed E-state index contributed by atoms with van der Waals surface area (Å²) in [6.45, 7) is 4.49. The zero-order chi connectivity index (χ0) is 14.4. The summed E-state index contributed by atoms with van der Waals surface area (Å²) >= 11 is 0. The van der Waals surface area contributed by atoms with Gasteiger partial charge in [0.15, 0.2) is 0 Å². The first-order valence-electron chi connectivity index (χ1n) is 8.04. The molecule has 0 spiro atoms. The number of aromatic nitrogens is 1. The van der Waals surface area contributed by atoms with Gasteiger partial charge in [0.05, 0.1) is 0 Å². The van der Waals surface area contributed by atoms with Crippen LogP contribution in [-0.4, -0.2) is 43.1 Å². The van der Waals surface area contributed by atoms with Crippen molar-refractivity contribution in [1.29, 1.82) is 0 Å². The molecule has 0 radical (unpaired) electrons. The van der Waals surface area contributed by atoms with E-state index in [-0.39, 0.29) is 0 Å². The molecule has 1 N–H and O–H groups in total. The third-order valence-corrected chi connectivity index (χ3v) is 4.27. The zero-order valence-corrected chi connectivity index (χ0v) is 13.2. The van der Waals surface area contributed by atoms with Gasteiger partial charge in [0, 0.05) is 23.9 Å². The summed E-state index contributed by atoms with van der Waals surface area (Å²) < 4.78 is 0. The van der Waals surface area contributed by atoms with Crippen molar-refractivity contribution in [1.82, 2.24) is 15.2 Å². The Morgan fingerprint density at radius 3 is 3.05 bits per heavy atom. The highest BCUT2D eigenvalue weighted by Gasteiger charge is 2.28. The Morgan fingerprint density at radius 1 is 1.45 bits per heavy atom. The highest BCUT2D eigenvalue weighted by molar-refractivity contribution is 5.27. The summed E-state index contributed by atoms with van der Waals surface area (Å²) in [5.41, 5.74) is 2.82. The normalized spacial score (nSPS) is 19.9. The van der Waals surface area contributed by atoms with Gasteiger partial charge in [-0.15, -0.1) is 0 Å². The molecule has 1 aromatic heterocycles. The van der Waals surface area contributed by atoms with E-state index in [1.807, 2.05) is 6.20 Å². The second-order valence-electron chi connectivity index (χ2n) is 6.20. The second-order valence-corrected chi connectivity index (χ2v) is 6.20. The minimum Gasteiger partial charge on any atom is -0.313 e. The second kappa shape index (κ2) is 7.75. The molecule has 1 aromatic rings. The summed E-state index contributed by atoms with van der Waals surface area (Å²) in [5, 5.41) is 3.77. The van der Waals surface area contributed by atoms with Crippen molar-refractivity contribution in [3.8, 4) is 0 Å². The standard InChI is InChI=1S/C17H29N3/c1-4-11-18-16(10-13-20(2)3)15-9-5-7-14-8-6-12-19-17(14)15/h6,8,12,15-16,18H,4-5,7,9-11,13H2,1-3H3. The fourth-order valence-electron chi connectivity index (χ4n) is 3.21. The molecule has 0 aromatic carbocycles. The SMILES string of the molecule is CCCNC(CCN(C)C)C1CCCc2cccnc21. The van der Waals surface area contributed by atoms with Crippen LogP contribution in [0.15, 0.2) is 18.3 Å². The van der Waals surface area contributed by atoms with Crippen LogP contribution >= 0.6 is 0 Å². The molecule has 0 fully saturated rings. The molecular formula is C17H29N3. The number of fused-ring (bicyclic) bond motifs is 1. The average molecular weight is 275 g/mol. The number of nitrogens with zero attached hydrogens (tertiary/aromatic N) is 2. The summed E-state index contributed by atoms with van der Waals surface area (Å²) in [4.78, 5) is 6.98. The van der Waals surface area contributed by atoms with Gasteiger partial charge in [-0.25, -0.2) is 0 Å². The van der Waals surface area contributed by atoms with E-state index >= 15 is 0 Å². The zero-order valence-electron chi connectivity index (χ0n) is 13.2. The van der Waals surface area contributed by atoms with Crippen LogP contribution in [0.1, 0.15) is 49.8 Å². The Hall–Kier alpha value is -0.930. The maximum absolute atomic E-state index is 4.70. The van der Waals surface area contributed by atoms with Crippen molar-refractivity contribution < 1.29 is 0 Å². The van der Waals surface area contributed by atoms with Gasteiger partial charge < -0.3 is 10.2 Å². The summed E-state index contributed by atoms with van der Waals surface area (Å²) in [6.07, 6.45) is 8.14. The van der Waals surface area contributed by atoms with Crippen molar-refractivity contribution in [3.05, 3.63) is 29.6 Å². The van der Waals surface area contributed by atoms with E-state index in [1.54, 1.807) is 0 Å². The highest BCUT2D eigenvalue weighted by Crippen LogP contribution is 2.33. The maximum Gasteiger partial charge on any atom is 0.0481 e. The van der Waals surface area contributed by atoms with Gasteiger partial charge >= 0.3 is 0 Å². The van der Waals surface area contributed by atoms with Gasteiger partial charge in [-0.3, -0.25) is 4.98 Å². The van der Waals surface area contributed by atoms with E-state index in [0.717, 1.165) is 13.1 Å². The molecule has 3 nitrogen and oxygen atoms in total. The molecule has 0 bridgehead atoms. The van der Waals surface area contributed by atoms with Crippen LogP contribution in [0.3, 0.4) is 0 Å². The van der Waals surface area contributed by atoms with Crippen molar-refractivity contribution in [2.45, 2.75) is 51.0 Å². The Labute approximate surface area is 123 Å². The molecule has 1 heterocycles. The molecular weight excluding hydrogens is 246 g/mol. The van der Waals surface area contributed by atoms with Crippen LogP contribution in [0.4, 0.5) is 0 Å². The van der Waals surface area contributed by atoms with Crippen LogP contribution in [0.2, 0.25) is 0 Å². The molecule has 3 heteroatoms. The number of hydrogen-bond donors (Lipinski definition) is 1. The molecule has 2 atom stereocenters. The number of pyridine rings is 1. The fraction of sp³-hybridized carbons (Fsp3) is 0.706. The molecule has 0 saturated heterocycles. The fourth-order valence-corrected chi connectivity index (χ4v) is 3.21. The Balaban J connectivity index is 2.11. The lowest BCUT2D eigenvalue weighted by molar-refractivity contribution is 0.314. The van der Waals surface area contributed by atoms with Crippen molar-refractivity contribution in [2.75, 3.05) is 27.2 Å². The van der Waals surface area contributed by atoms with E-state index in [0.29, 0.717) is 12.0 Å². The lowest BCUT2D eigenvalue weighted by atomic mass is 9.81. The number of hydrogen-bond acceptors (Lipinski definition) is 3. The van der Waals surface area contributed by atoms with Gasteiger partial charge in [-0.05, 0) is 70.9 Å². The predicted molar refractivity (Wildman–Crippen MR) is 85.2 cm³/mol. The van der Waals surface area contributed by atoms with E-state index in [1.165, 1.54) is 43.4 Å². The Morgan fingerprint density at radius 2 is 2.30 bits per heavy atom. The summed E-state index contributed by atoms with van der Waals surface area (Å²) in [7, 11) is 4.31. The van der Waals surface area contributed by atoms with Crippen LogP contribution < -0.4 is 5.32 Å². The molecule has 2 rings (SSSR count). The molecule has 20 heavy (non-hydrogen) atoms. The van der Waals surface area contributed by atoms with E-state index in [2.05, 4.69) is 43.4 Å². The molecule has 0 amide bonds. The molecule has 0 saturated carbocycles. The number of rotatable bonds is 7. The topological polar surface area (TPSA) is 28.2 Å². The van der Waals surface area contributed by atoms with Gasteiger partial charge in [-0.2, -0.15) is 0 Å². The van der Waals surface area contributed by atoms with E-state index in [9.17, 15) is 0 Å². The van der Waals surface area contributed by atoms with Crippen molar-refractivity contribution in [3.63, 3.8) is 0 Å². The van der Waals surface area contributed by atoms with Crippen LogP contribution in [0.25, 0.3) is 0 Å². The van der Waals surface area contributed by atoms with E-state index in [4.69, 9.17) is 4.98 Å². The van der Waals surface area contributed by atoms with Gasteiger partial charge in [0.1, 0.15) is 0 Å². The Bertz CT molecular complexity index is 403. The largest absolute Gasteiger partial charge is 0.313 e. The quantitative estimate of drug-likeness (QED) is 0.829. The van der Waals surface area contributed by atoms with E-state index < -0.39 is 0 Å². The van der Waals surface area contributed by atoms with Gasteiger partial charge in [-0.1, -0.05) is 13.0 Å². The first-order valence-corrected chi connectivity index (χ1v) is 8.04. The Kier molecular flexibility index (Phi) is 5.99. The number of aryl methyl sites for hydroxylation is 1. The van der Waals surface area contributed by atoms with Crippen LogP contribution in [0, 0.1) is 0 Å². The smallest absolute Gasteiger partial charge is 0.0481 e. The van der Waals surface area contributed by atoms with Crippen molar-refractivity contribution >= 4 is 0 Å². The van der Waals surface area contributed by atoms with Gasteiger partial charge in [0.25, 0.3) is 0 Å². The minimum absolute atomic E-state index is 0.561. The third kappa shape index (κ3) is 4.03. The lowest BCUT2D eigenvalue weighted by Crippen LogP contribution is -2.39. The summed E-state index contributed by atoms with van der Waals surface area (Å²) in [5.74, 6) is 0.589. The maximum atomic E-state index is 4.70.